The summed E-state index contributed by atoms with van der Waals surface area (Å²) >= 11 is 26.2. The van der Waals surface area contributed by atoms with Crippen molar-refractivity contribution in [3.8, 4) is 45.3 Å². The zero-order valence-corrected chi connectivity index (χ0v) is 36.7. The predicted octanol–water partition coefficient (Wildman–Crippen LogP) is 10.2. The van der Waals surface area contributed by atoms with Crippen molar-refractivity contribution in [2.75, 3.05) is 46.8 Å². The Kier molecular flexibility index (Phi) is 13.7. The lowest BCUT2D eigenvalue weighted by Crippen LogP contribution is -2.19. The highest BCUT2D eigenvalue weighted by Gasteiger charge is 2.25. The molecule has 1 aliphatic rings. The Morgan fingerprint density at radius 1 is 0.613 bits per heavy atom. The van der Waals surface area contributed by atoms with Crippen molar-refractivity contribution in [2.45, 2.75) is 19.4 Å². The second kappa shape index (κ2) is 19.3. The molecule has 1 amide bonds. The number of ether oxygens (including phenoxy) is 4. The molecule has 18 heteroatoms. The van der Waals surface area contributed by atoms with Gasteiger partial charge in [-0.2, -0.15) is 0 Å². The summed E-state index contributed by atoms with van der Waals surface area (Å²) in [6, 6.07) is 13.4. The Labute approximate surface area is 375 Å². The maximum Gasteiger partial charge on any atom is 0.337 e. The van der Waals surface area contributed by atoms with Gasteiger partial charge >= 0.3 is 5.97 Å². The number of fused-ring (bicyclic) bond motifs is 2. The number of carboxylic acid groups (broad SMARTS) is 1. The Morgan fingerprint density at radius 3 is 1.47 bits per heavy atom. The lowest BCUT2D eigenvalue weighted by molar-refractivity contribution is 0.0698. The van der Waals surface area contributed by atoms with Gasteiger partial charge in [0.15, 0.2) is 0 Å². The van der Waals surface area contributed by atoms with Gasteiger partial charge in [-0.1, -0.05) is 58.5 Å². The van der Waals surface area contributed by atoms with E-state index in [0.29, 0.717) is 83.1 Å². The third-order valence-electron chi connectivity index (χ3n) is 10.1. The molecule has 14 nitrogen and oxygen atoms in total. The highest BCUT2D eigenvalue weighted by molar-refractivity contribution is 6.42. The summed E-state index contributed by atoms with van der Waals surface area (Å²) in [6.07, 6.45) is 10.1. The number of likely N-dealkylation sites (tertiary alicyclic amines) is 1. The molecule has 0 spiro atoms. The van der Waals surface area contributed by atoms with Crippen molar-refractivity contribution in [2.24, 2.45) is 0 Å². The SMILES string of the molecule is COc1cc(OC)c(Cl)c(-c2ccc(C(=O)Nc3ccc(CN4CCCC4)nc3)c3nccnc23)c1Cl.COc1cc(OC)c(Cl)c(-c2ccc(C(=O)O)c3nccnc23)c1Cl. The number of pyridine rings is 1. The molecule has 8 rings (SSSR count). The van der Waals surface area contributed by atoms with E-state index in [-0.39, 0.29) is 27.0 Å². The standard InChI is InChI=1S/C27H25Cl2N5O3.C17H12Cl2N2O4/c1-36-20-13-21(37-2)24(29)22(23(20)28)18-7-8-19(26-25(18)30-9-10-31-26)27(35)33-16-5-6-17(32-14-16)15-34-11-3-4-12-34;1-24-10-7-11(25-2)14(19)12(13(10)18)8-3-4-9(17(22)23)16-15(8)20-5-6-21-16/h5-10,13-14H,3-4,11-12,15H2,1-2H3,(H,33,35);3-7H,1-2H3,(H,22,23). The van der Waals surface area contributed by atoms with Crippen molar-refractivity contribution < 1.29 is 33.6 Å². The minimum Gasteiger partial charge on any atom is -0.495 e. The number of carbonyl (C=O) groups is 2. The minimum absolute atomic E-state index is 0.0361. The number of nitrogens with zero attached hydrogens (tertiary/aromatic N) is 6. The number of nitrogens with one attached hydrogen (secondary N) is 1. The predicted molar refractivity (Wildman–Crippen MR) is 240 cm³/mol. The van der Waals surface area contributed by atoms with Crippen LogP contribution >= 0.6 is 46.4 Å². The molecule has 62 heavy (non-hydrogen) atoms. The summed E-state index contributed by atoms with van der Waals surface area (Å²) in [5, 5.41) is 13.4. The molecule has 1 saturated heterocycles. The lowest BCUT2D eigenvalue weighted by Gasteiger charge is -2.16. The third kappa shape index (κ3) is 8.83. The zero-order chi connectivity index (χ0) is 44.1. The smallest absolute Gasteiger partial charge is 0.337 e. The fraction of sp³-hybridized carbons (Fsp3) is 0.205. The molecule has 4 heterocycles. The van der Waals surface area contributed by atoms with Crippen LogP contribution in [0, 0.1) is 0 Å². The first-order chi connectivity index (χ1) is 30.0. The van der Waals surface area contributed by atoms with Gasteiger partial charge in [-0.15, -0.1) is 0 Å². The van der Waals surface area contributed by atoms with Crippen molar-refractivity contribution in [1.29, 1.82) is 0 Å². The average Bonchev–Trinajstić information content (AvgIpc) is 3.80. The van der Waals surface area contributed by atoms with Gasteiger partial charge in [0.05, 0.1) is 88.3 Å². The first-order valence-electron chi connectivity index (χ1n) is 18.9. The largest absolute Gasteiger partial charge is 0.495 e. The number of amides is 1. The second-order valence-corrected chi connectivity index (χ2v) is 15.2. The van der Waals surface area contributed by atoms with Gasteiger partial charge in [0.25, 0.3) is 5.91 Å². The molecule has 4 aromatic carbocycles. The van der Waals surface area contributed by atoms with E-state index in [2.05, 4.69) is 35.1 Å². The second-order valence-electron chi connectivity index (χ2n) is 13.7. The first-order valence-corrected chi connectivity index (χ1v) is 20.4. The average molecular weight is 918 g/mol. The Balaban J connectivity index is 0.000000201. The molecular weight excluding hydrogens is 880 g/mol. The number of aromatic carboxylic acids is 1. The third-order valence-corrected chi connectivity index (χ3v) is 11.6. The molecule has 318 valence electrons. The summed E-state index contributed by atoms with van der Waals surface area (Å²) in [4.78, 5) is 49.0. The van der Waals surface area contributed by atoms with Crippen LogP contribution in [0.25, 0.3) is 44.3 Å². The van der Waals surface area contributed by atoms with Gasteiger partial charge in [-0.05, 0) is 50.2 Å². The molecule has 0 saturated carbocycles. The van der Waals surface area contributed by atoms with E-state index < -0.39 is 5.97 Å². The van der Waals surface area contributed by atoms with Crippen LogP contribution in [0.3, 0.4) is 0 Å². The molecule has 0 bridgehead atoms. The quantitative estimate of drug-likeness (QED) is 0.126. The highest BCUT2D eigenvalue weighted by Crippen LogP contribution is 2.49. The summed E-state index contributed by atoms with van der Waals surface area (Å²) in [5.74, 6) is 0.119. The van der Waals surface area contributed by atoms with Crippen LogP contribution in [0.4, 0.5) is 5.69 Å². The number of methoxy groups -OCH3 is 4. The molecule has 0 radical (unpaired) electrons. The molecule has 7 aromatic rings. The van der Waals surface area contributed by atoms with E-state index in [1.807, 2.05) is 12.1 Å². The van der Waals surface area contributed by atoms with Crippen molar-refractivity contribution in [1.82, 2.24) is 29.8 Å². The molecule has 1 aliphatic heterocycles. The normalized spacial score (nSPS) is 12.5. The Morgan fingerprint density at radius 2 is 1.05 bits per heavy atom. The van der Waals surface area contributed by atoms with Gasteiger partial charge in [0, 0.05) is 65.7 Å². The van der Waals surface area contributed by atoms with Crippen LogP contribution in [-0.4, -0.2) is 88.3 Å². The van der Waals surface area contributed by atoms with Crippen molar-refractivity contribution in [3.63, 3.8) is 0 Å². The van der Waals surface area contributed by atoms with Gasteiger partial charge < -0.3 is 29.4 Å². The van der Waals surface area contributed by atoms with Crippen LogP contribution in [0.2, 0.25) is 20.1 Å². The van der Waals surface area contributed by atoms with Crippen LogP contribution in [-0.2, 0) is 6.54 Å². The lowest BCUT2D eigenvalue weighted by atomic mass is 9.99. The molecule has 0 aliphatic carbocycles. The maximum absolute atomic E-state index is 13.3. The number of halogens is 4. The molecule has 1 fully saturated rings. The summed E-state index contributed by atoms with van der Waals surface area (Å²) in [6.45, 7) is 3.02. The number of rotatable bonds is 11. The van der Waals surface area contributed by atoms with E-state index in [4.69, 9.17) is 65.4 Å². The molecular formula is C44H37Cl4N7O7. The van der Waals surface area contributed by atoms with Crippen LogP contribution in [0.1, 0.15) is 39.3 Å². The molecule has 3 aromatic heterocycles. The molecule has 0 unspecified atom stereocenters. The summed E-state index contributed by atoms with van der Waals surface area (Å²) < 4.78 is 21.4. The van der Waals surface area contributed by atoms with Crippen LogP contribution < -0.4 is 24.3 Å². The van der Waals surface area contributed by atoms with E-state index in [0.717, 1.165) is 25.3 Å². The monoisotopic (exact) mass is 915 g/mol. The zero-order valence-electron chi connectivity index (χ0n) is 33.6. The van der Waals surface area contributed by atoms with E-state index >= 15 is 0 Å². The van der Waals surface area contributed by atoms with Crippen molar-refractivity contribution in [3.05, 3.63) is 116 Å². The Hall–Kier alpha value is -6.03. The van der Waals surface area contributed by atoms with E-state index in [1.165, 1.54) is 65.9 Å². The number of benzene rings is 4. The fourth-order valence-corrected chi connectivity index (χ4v) is 8.49. The number of carbonyl (C=O) groups excluding carboxylic acids is 1. The van der Waals surface area contributed by atoms with Crippen molar-refractivity contribution >= 4 is 86.0 Å². The number of carboxylic acids is 1. The fourth-order valence-electron chi connectivity index (χ4n) is 7.08. The first kappa shape index (κ1) is 44.0. The minimum atomic E-state index is -1.10. The summed E-state index contributed by atoms with van der Waals surface area (Å²) in [5.41, 5.74) is 5.48. The van der Waals surface area contributed by atoms with Crippen LogP contribution in [0.5, 0.6) is 23.0 Å². The van der Waals surface area contributed by atoms with Gasteiger partial charge in [0.1, 0.15) is 34.0 Å². The molecule has 2 N–H and O–H groups in total. The number of aromatic nitrogens is 5. The number of hydrogen-bond donors (Lipinski definition) is 2. The number of anilines is 1. The molecule has 0 atom stereocenters. The summed E-state index contributed by atoms with van der Waals surface area (Å²) in [7, 11) is 5.97. The topological polar surface area (TPSA) is 171 Å². The maximum atomic E-state index is 13.3. The van der Waals surface area contributed by atoms with E-state index in [9.17, 15) is 14.7 Å². The Bertz CT molecular complexity index is 2770. The highest BCUT2D eigenvalue weighted by atomic mass is 35.5. The number of hydrogen-bond acceptors (Lipinski definition) is 12. The van der Waals surface area contributed by atoms with Gasteiger partial charge in [-0.25, -0.2) is 4.79 Å². The van der Waals surface area contributed by atoms with Crippen LogP contribution in [0.15, 0.2) is 79.5 Å². The van der Waals surface area contributed by atoms with E-state index in [1.54, 1.807) is 42.7 Å². The van der Waals surface area contributed by atoms with Gasteiger partial charge in [0.2, 0.25) is 0 Å². The van der Waals surface area contributed by atoms with Gasteiger partial charge in [-0.3, -0.25) is 34.6 Å².